The van der Waals surface area contributed by atoms with Gasteiger partial charge in [-0.05, 0) is 78.9 Å². The molecule has 0 radical (unpaired) electrons. The first-order chi connectivity index (χ1) is 17.9. The van der Waals surface area contributed by atoms with Gasteiger partial charge in [0.15, 0.2) is 11.6 Å². The van der Waals surface area contributed by atoms with Crippen LogP contribution >= 0.6 is 12.2 Å². The van der Waals surface area contributed by atoms with Crippen molar-refractivity contribution in [3.8, 4) is 11.8 Å². The van der Waals surface area contributed by atoms with Crippen LogP contribution in [0.4, 0.5) is 34.6 Å². The van der Waals surface area contributed by atoms with E-state index in [1.54, 1.807) is 24.3 Å². The van der Waals surface area contributed by atoms with Crippen LogP contribution in [-0.4, -0.2) is 5.16 Å². The van der Waals surface area contributed by atoms with E-state index < -0.39 is 29.0 Å². The number of rotatable bonds is 6. The molecule has 0 N–H and O–H groups in total. The summed E-state index contributed by atoms with van der Waals surface area (Å²) < 4.78 is 57.7. The summed E-state index contributed by atoms with van der Waals surface area (Å²) in [7, 11) is 0. The topological polar surface area (TPSA) is 37.1 Å². The molecule has 1 aliphatic rings. The lowest BCUT2D eigenvalue weighted by Gasteiger charge is -2.25. The van der Waals surface area contributed by atoms with Gasteiger partial charge in [0, 0.05) is 17.7 Å². The number of hydrogen-bond donors (Lipinski definition) is 0. The van der Waals surface area contributed by atoms with Crippen molar-refractivity contribution in [1.82, 2.24) is 0 Å². The quantitative estimate of drug-likeness (QED) is 0.105. The van der Waals surface area contributed by atoms with Crippen molar-refractivity contribution in [1.29, 1.82) is 0 Å². The number of aliphatic imine (C=N–C) groups is 1. The molecule has 0 amide bonds. The van der Waals surface area contributed by atoms with Gasteiger partial charge >= 0.3 is 0 Å². The molecule has 1 unspecified atom stereocenters. The third-order valence-corrected chi connectivity index (χ3v) is 6.42. The summed E-state index contributed by atoms with van der Waals surface area (Å²) >= 11 is 4.37. The second kappa shape index (κ2) is 12.1. The Labute approximate surface area is 218 Å². The number of halogens is 4. The number of azo groups is 1. The highest BCUT2D eigenvalue weighted by Crippen LogP contribution is 2.33. The van der Waals surface area contributed by atoms with Gasteiger partial charge in [-0.3, -0.25) is 0 Å². The second-order valence-electron chi connectivity index (χ2n) is 8.89. The molecule has 188 valence electrons. The molecule has 0 aromatic heterocycles. The minimum atomic E-state index is -0.935. The van der Waals surface area contributed by atoms with E-state index in [-0.39, 0.29) is 11.3 Å². The van der Waals surface area contributed by atoms with Crippen LogP contribution in [0.15, 0.2) is 57.7 Å². The van der Waals surface area contributed by atoms with Crippen LogP contribution in [0.3, 0.4) is 0 Å². The minimum Gasteiger partial charge on any atom is -0.206 e. The first-order valence-electron chi connectivity index (χ1n) is 12.0. The number of nitrogens with zero attached hydrogens (tertiary/aromatic N) is 3. The summed E-state index contributed by atoms with van der Waals surface area (Å²) in [6, 6.07) is 9.79. The van der Waals surface area contributed by atoms with Crippen LogP contribution in [0.25, 0.3) is 0 Å². The molecule has 3 aromatic carbocycles. The van der Waals surface area contributed by atoms with E-state index in [0.29, 0.717) is 35.6 Å². The van der Waals surface area contributed by atoms with E-state index in [1.807, 2.05) is 5.16 Å². The molecular weight excluding hydrogens is 498 g/mol. The number of hydrogen-bond acceptors (Lipinski definition) is 4. The van der Waals surface area contributed by atoms with Crippen molar-refractivity contribution in [2.45, 2.75) is 45.4 Å². The summed E-state index contributed by atoms with van der Waals surface area (Å²) in [4.78, 5) is 3.34. The maximum absolute atomic E-state index is 15.1. The number of isothiocyanates is 1. The summed E-state index contributed by atoms with van der Waals surface area (Å²) in [6.07, 6.45) is 5.53. The molecule has 0 saturated heterocycles. The molecule has 3 nitrogen and oxygen atoms in total. The standard InChI is InChI=1S/C29H23F4N3S/c1-2-3-4-19-8-11-23-20(13-19)14-25(30)24(28(23)33)12-7-18-5-9-21(10-6-18)35-36-22-15-26(31)29(34-17-37)27(32)16-22/h5-6,9-10,14-16,19H,2-4,8,11,13H2,1H3. The van der Waals surface area contributed by atoms with Crippen molar-refractivity contribution in [2.24, 2.45) is 21.1 Å². The van der Waals surface area contributed by atoms with E-state index in [2.05, 4.69) is 46.2 Å². The molecule has 3 aromatic rings. The van der Waals surface area contributed by atoms with Crippen LogP contribution in [0, 0.1) is 41.0 Å². The summed E-state index contributed by atoms with van der Waals surface area (Å²) in [6.45, 7) is 2.14. The van der Waals surface area contributed by atoms with E-state index in [1.165, 1.54) is 6.07 Å². The third kappa shape index (κ3) is 6.37. The molecule has 4 rings (SSSR count). The Morgan fingerprint density at radius 2 is 1.62 bits per heavy atom. The van der Waals surface area contributed by atoms with Gasteiger partial charge in [-0.15, -0.1) is 0 Å². The van der Waals surface area contributed by atoms with Gasteiger partial charge in [-0.1, -0.05) is 38.0 Å². The lowest BCUT2D eigenvalue weighted by atomic mass is 9.80. The highest BCUT2D eigenvalue weighted by atomic mass is 32.1. The molecule has 0 spiro atoms. The maximum atomic E-state index is 15.1. The average molecular weight is 522 g/mol. The smallest absolute Gasteiger partial charge is 0.154 e. The molecule has 1 atom stereocenters. The SMILES string of the molecule is CCCCC1CCc2c(cc(F)c(C#Cc3ccc(N=Nc4cc(F)c(N=C=S)c(F)c4)cc3)c2F)C1. The Morgan fingerprint density at radius 1 is 0.919 bits per heavy atom. The fourth-order valence-corrected chi connectivity index (χ4v) is 4.49. The van der Waals surface area contributed by atoms with Gasteiger partial charge in [-0.25, -0.2) is 17.6 Å². The van der Waals surface area contributed by atoms with Gasteiger partial charge in [0.05, 0.1) is 22.1 Å². The zero-order valence-corrected chi connectivity index (χ0v) is 20.9. The number of thiocarbonyl (C=S) groups is 1. The molecule has 0 heterocycles. The van der Waals surface area contributed by atoms with Gasteiger partial charge in [-0.2, -0.15) is 15.2 Å². The predicted octanol–water partition coefficient (Wildman–Crippen LogP) is 9.09. The second-order valence-corrected chi connectivity index (χ2v) is 9.08. The van der Waals surface area contributed by atoms with Crippen molar-refractivity contribution < 1.29 is 17.6 Å². The van der Waals surface area contributed by atoms with Gasteiger partial charge in [0.25, 0.3) is 0 Å². The Balaban J connectivity index is 1.49. The molecule has 37 heavy (non-hydrogen) atoms. The molecule has 1 aliphatic carbocycles. The Bertz CT molecular complexity index is 1430. The maximum Gasteiger partial charge on any atom is 0.154 e. The molecule has 0 bridgehead atoms. The van der Waals surface area contributed by atoms with Crippen molar-refractivity contribution in [3.63, 3.8) is 0 Å². The summed E-state index contributed by atoms with van der Waals surface area (Å²) in [5.41, 5.74) is 1.44. The van der Waals surface area contributed by atoms with Crippen LogP contribution in [-0.2, 0) is 12.8 Å². The van der Waals surface area contributed by atoms with Gasteiger partial charge < -0.3 is 0 Å². The number of fused-ring (bicyclic) bond motifs is 1. The lowest BCUT2D eigenvalue weighted by Crippen LogP contribution is -2.17. The lowest BCUT2D eigenvalue weighted by molar-refractivity contribution is 0.402. The first kappa shape index (κ1) is 26.4. The predicted molar refractivity (Wildman–Crippen MR) is 139 cm³/mol. The minimum absolute atomic E-state index is 0.0442. The number of benzene rings is 3. The number of unbranched alkanes of at least 4 members (excludes halogenated alkanes) is 1. The summed E-state index contributed by atoms with van der Waals surface area (Å²) in [5.74, 6) is 2.82. The Morgan fingerprint density at radius 3 is 2.30 bits per heavy atom. The van der Waals surface area contributed by atoms with E-state index in [9.17, 15) is 13.2 Å². The Hall–Kier alpha value is -3.66. The molecule has 0 saturated carbocycles. The molecule has 0 aliphatic heterocycles. The fraction of sp³-hybridized carbons (Fsp3) is 0.276. The average Bonchev–Trinajstić information content (AvgIpc) is 2.88. The molecular formula is C29H23F4N3S. The summed E-state index contributed by atoms with van der Waals surface area (Å²) in [5, 5.41) is 9.70. The monoisotopic (exact) mass is 521 g/mol. The van der Waals surface area contributed by atoms with E-state index in [4.69, 9.17) is 0 Å². The zero-order chi connectivity index (χ0) is 26.4. The van der Waals surface area contributed by atoms with Crippen LogP contribution in [0.5, 0.6) is 0 Å². The van der Waals surface area contributed by atoms with Crippen LogP contribution in [0.1, 0.15) is 54.9 Å². The first-order valence-corrected chi connectivity index (χ1v) is 12.4. The fourth-order valence-electron chi connectivity index (χ4n) is 4.40. The van der Waals surface area contributed by atoms with Crippen molar-refractivity contribution in [3.05, 3.63) is 88.0 Å². The van der Waals surface area contributed by atoms with Crippen LogP contribution in [0.2, 0.25) is 0 Å². The third-order valence-electron chi connectivity index (χ3n) is 6.33. The molecule has 0 fully saturated rings. The van der Waals surface area contributed by atoms with E-state index in [0.717, 1.165) is 43.4 Å². The van der Waals surface area contributed by atoms with Gasteiger partial charge in [0.2, 0.25) is 0 Å². The van der Waals surface area contributed by atoms with Gasteiger partial charge in [0.1, 0.15) is 17.3 Å². The van der Waals surface area contributed by atoms with Crippen molar-refractivity contribution >= 4 is 34.4 Å². The largest absolute Gasteiger partial charge is 0.206 e. The highest BCUT2D eigenvalue weighted by molar-refractivity contribution is 7.78. The van der Waals surface area contributed by atoms with Crippen LogP contribution < -0.4 is 0 Å². The molecule has 8 heteroatoms. The zero-order valence-electron chi connectivity index (χ0n) is 20.1. The van der Waals surface area contributed by atoms with Crippen molar-refractivity contribution in [2.75, 3.05) is 0 Å². The Kier molecular flexibility index (Phi) is 8.60. The highest BCUT2D eigenvalue weighted by Gasteiger charge is 2.24. The van der Waals surface area contributed by atoms with E-state index >= 15 is 4.39 Å². The normalized spacial score (nSPS) is 14.6.